The van der Waals surface area contributed by atoms with Gasteiger partial charge in [-0.25, -0.2) is 13.6 Å². The van der Waals surface area contributed by atoms with Gasteiger partial charge in [-0.2, -0.15) is 5.10 Å². The van der Waals surface area contributed by atoms with Crippen LogP contribution in [0.4, 0.5) is 19.4 Å². The third kappa shape index (κ3) is 7.01. The maximum absolute atomic E-state index is 16.1. The molecule has 0 radical (unpaired) electrons. The van der Waals surface area contributed by atoms with Gasteiger partial charge >= 0.3 is 6.03 Å². The molecule has 3 aliphatic rings. The zero-order valence-electron chi connectivity index (χ0n) is 32.6. The van der Waals surface area contributed by atoms with E-state index in [9.17, 15) is 19.2 Å². The van der Waals surface area contributed by atoms with Crippen molar-refractivity contribution in [3.8, 4) is 22.6 Å². The number of benzene rings is 4. The van der Waals surface area contributed by atoms with Gasteiger partial charge in [0, 0.05) is 79.8 Å². The molecular weight excluding hydrogens is 784 g/mol. The number of aromatic nitrogens is 2. The number of methoxy groups -OCH3 is 1. The second-order valence-corrected chi connectivity index (χ2v) is 15.6. The highest BCUT2D eigenvalue weighted by Gasteiger charge is 2.50. The van der Waals surface area contributed by atoms with Crippen molar-refractivity contribution in [1.82, 2.24) is 25.3 Å². The van der Waals surface area contributed by atoms with Gasteiger partial charge in [0.05, 0.1) is 29.6 Å². The van der Waals surface area contributed by atoms with Crippen molar-refractivity contribution < 1.29 is 37.4 Å². The van der Waals surface area contributed by atoms with Crippen molar-refractivity contribution in [2.24, 2.45) is 12.8 Å². The number of hydrogen-bond acceptors (Lipinski definition) is 8. The molecule has 2 fully saturated rings. The first-order valence-corrected chi connectivity index (χ1v) is 19.7. The van der Waals surface area contributed by atoms with E-state index in [0.29, 0.717) is 37.3 Å². The maximum Gasteiger partial charge on any atom is 0.329 e. The van der Waals surface area contributed by atoms with Gasteiger partial charge in [-0.3, -0.25) is 29.3 Å². The largest absolute Gasteiger partial charge is 0.494 e. The maximum atomic E-state index is 16.1. The highest BCUT2D eigenvalue weighted by Crippen LogP contribution is 2.56. The number of primary amides is 1. The van der Waals surface area contributed by atoms with Crippen molar-refractivity contribution in [3.05, 3.63) is 106 Å². The fraction of sp³-hybridized carbons (Fsp3) is 0.326. The van der Waals surface area contributed by atoms with Gasteiger partial charge < -0.3 is 25.4 Å². The fourth-order valence-electron chi connectivity index (χ4n) is 8.65. The Bertz CT molecular complexity index is 2530. The summed E-state index contributed by atoms with van der Waals surface area (Å²) in [6, 6.07) is 18.4. The Hall–Kier alpha value is -6.06. The number of piperidine rings is 1. The number of carbonyl (C=O) groups excluding carboxylic acids is 4. The van der Waals surface area contributed by atoms with Gasteiger partial charge in [-0.1, -0.05) is 54.9 Å². The number of halogens is 3. The first kappa shape index (κ1) is 39.8. The Kier molecular flexibility index (Phi) is 10.5. The van der Waals surface area contributed by atoms with E-state index in [4.69, 9.17) is 26.8 Å². The molecule has 2 saturated heterocycles. The van der Waals surface area contributed by atoms with E-state index in [1.807, 2.05) is 60.4 Å². The predicted molar refractivity (Wildman–Crippen MR) is 217 cm³/mol. The van der Waals surface area contributed by atoms with Gasteiger partial charge in [0.25, 0.3) is 0 Å². The second kappa shape index (κ2) is 15.6. The lowest BCUT2D eigenvalue weighted by atomic mass is 9.77. The Morgan fingerprint density at radius 1 is 1.05 bits per heavy atom. The topological polar surface area (TPSA) is 161 Å². The lowest BCUT2D eigenvalue weighted by Crippen LogP contribution is -2.51. The first-order valence-electron chi connectivity index (χ1n) is 19.3. The number of nitrogens with two attached hydrogens (primary N) is 1. The number of nitrogens with one attached hydrogen (secondary N) is 2. The standard InChI is InChI=1S/C43H42ClF2N7O6/c1-23-35-32(21-29(45)38(44)37(35)36-28(40(47)56)11-12-31(58-3)39(36)46)59-43(23,25-7-5-4-6-8-25)22-48-26-13-16-52(17-14-26)34(55)20-24-9-10-27-30(19-24)51(2)50-41(27)53-18-15-33(54)49-42(53)57/h4-12,19,21,23,26,48H,13-18,20,22H2,1-3H3,(H2,47,56)(H,49,54,57)/t23-,43-/m0/s1. The summed E-state index contributed by atoms with van der Waals surface area (Å²) in [5, 5.41) is 10.9. The van der Waals surface area contributed by atoms with Crippen LogP contribution in [0.5, 0.6) is 11.5 Å². The van der Waals surface area contributed by atoms with Gasteiger partial charge in [-0.15, -0.1) is 0 Å². The summed E-state index contributed by atoms with van der Waals surface area (Å²) in [5.74, 6) is -3.11. The predicted octanol–water partition coefficient (Wildman–Crippen LogP) is 5.94. The van der Waals surface area contributed by atoms with Crippen LogP contribution >= 0.6 is 11.6 Å². The van der Waals surface area contributed by atoms with Crippen LogP contribution in [0.3, 0.4) is 0 Å². The van der Waals surface area contributed by atoms with Crippen LogP contribution in [0, 0.1) is 11.6 Å². The minimum atomic E-state index is -1.11. The highest BCUT2D eigenvalue weighted by molar-refractivity contribution is 6.34. The molecule has 4 aromatic carbocycles. The molecule has 13 nitrogen and oxygen atoms in total. The molecule has 306 valence electrons. The second-order valence-electron chi connectivity index (χ2n) is 15.2. The number of hydrogen-bond donors (Lipinski definition) is 3. The van der Waals surface area contributed by atoms with Crippen molar-refractivity contribution in [2.45, 2.75) is 50.2 Å². The number of anilines is 1. The minimum absolute atomic E-state index is 0.00253. The van der Waals surface area contributed by atoms with Crippen molar-refractivity contribution in [3.63, 3.8) is 0 Å². The summed E-state index contributed by atoms with van der Waals surface area (Å²) in [6.45, 7) is 3.44. The quantitative estimate of drug-likeness (QED) is 0.156. The average molecular weight is 826 g/mol. The molecule has 8 rings (SSSR count). The van der Waals surface area contributed by atoms with Crippen molar-refractivity contribution >= 4 is 52.1 Å². The normalized spacial score (nSPS) is 19.5. The van der Waals surface area contributed by atoms with Crippen molar-refractivity contribution in [2.75, 3.05) is 38.2 Å². The molecule has 16 heteroatoms. The molecule has 1 aromatic heterocycles. The molecule has 5 aromatic rings. The van der Waals surface area contributed by atoms with Crippen LogP contribution in [0.2, 0.25) is 5.02 Å². The number of likely N-dealkylation sites (tertiary alicyclic amines) is 1. The van der Waals surface area contributed by atoms with E-state index < -0.39 is 35.1 Å². The molecule has 0 spiro atoms. The lowest BCUT2D eigenvalue weighted by Gasteiger charge is -2.38. The summed E-state index contributed by atoms with van der Waals surface area (Å²) < 4.78 is 45.5. The monoisotopic (exact) mass is 825 g/mol. The molecule has 59 heavy (non-hydrogen) atoms. The van der Waals surface area contributed by atoms with Gasteiger partial charge in [0.2, 0.25) is 17.7 Å². The number of carbonyl (C=O) groups is 4. The minimum Gasteiger partial charge on any atom is -0.494 e. The lowest BCUT2D eigenvalue weighted by molar-refractivity contribution is -0.131. The number of amides is 5. The summed E-state index contributed by atoms with van der Waals surface area (Å²) >= 11 is 6.65. The highest BCUT2D eigenvalue weighted by atomic mass is 35.5. The summed E-state index contributed by atoms with van der Waals surface area (Å²) in [6.07, 6.45) is 1.68. The number of ether oxygens (including phenoxy) is 2. The summed E-state index contributed by atoms with van der Waals surface area (Å²) in [7, 11) is 3.05. The number of imide groups is 1. The Balaban J connectivity index is 0.992. The zero-order valence-corrected chi connectivity index (χ0v) is 33.4. The Labute approximate surface area is 343 Å². The molecule has 4 heterocycles. The number of aryl methyl sites for hydroxylation is 1. The molecule has 0 aliphatic carbocycles. The molecule has 5 amide bonds. The van der Waals surface area contributed by atoms with Crippen molar-refractivity contribution in [1.29, 1.82) is 0 Å². The van der Waals surface area contributed by atoms with Crippen LogP contribution in [0.25, 0.3) is 22.0 Å². The SMILES string of the molecule is COc1ccc(C(N)=O)c(-c2c(Cl)c(F)cc3c2[C@H](C)[C@@](CNC2CCN(C(=O)Cc4ccc5c(N6CCC(=O)NC6=O)nn(C)c5c4)CC2)(c2ccccc2)O3)c1F. The van der Waals surface area contributed by atoms with Gasteiger partial charge in [0.1, 0.15) is 11.6 Å². The average Bonchev–Trinajstić information content (AvgIpc) is 3.70. The third-order valence-corrected chi connectivity index (χ3v) is 12.2. The summed E-state index contributed by atoms with van der Waals surface area (Å²) in [4.78, 5) is 53.7. The first-order chi connectivity index (χ1) is 28.3. The molecular formula is C43H42ClF2N7O6. The third-order valence-electron chi connectivity index (χ3n) is 11.8. The fourth-order valence-corrected chi connectivity index (χ4v) is 8.90. The smallest absolute Gasteiger partial charge is 0.329 e. The molecule has 0 unspecified atom stereocenters. The van der Waals surface area contributed by atoms with E-state index in [-0.39, 0.29) is 77.0 Å². The van der Waals surface area contributed by atoms with Crippen LogP contribution in [0.15, 0.2) is 66.7 Å². The number of fused-ring (bicyclic) bond motifs is 2. The number of urea groups is 1. The molecule has 4 N–H and O–H groups in total. The van der Waals surface area contributed by atoms with Gasteiger partial charge in [-0.05, 0) is 48.2 Å². The van der Waals surface area contributed by atoms with Crippen LogP contribution in [-0.2, 0) is 28.7 Å². The van der Waals surface area contributed by atoms with Crippen LogP contribution in [0.1, 0.15) is 59.2 Å². The van der Waals surface area contributed by atoms with E-state index in [2.05, 4.69) is 15.7 Å². The van der Waals surface area contributed by atoms with E-state index in [1.165, 1.54) is 30.2 Å². The Morgan fingerprint density at radius 3 is 2.49 bits per heavy atom. The molecule has 0 saturated carbocycles. The van der Waals surface area contributed by atoms with E-state index >= 15 is 8.78 Å². The molecule has 0 bridgehead atoms. The number of nitrogens with zero attached hydrogens (tertiary/aromatic N) is 4. The summed E-state index contributed by atoms with van der Waals surface area (Å²) in [5.41, 5.74) is 6.90. The van der Waals surface area contributed by atoms with E-state index in [1.54, 1.807) is 11.7 Å². The van der Waals surface area contributed by atoms with Crippen LogP contribution in [-0.4, -0.2) is 77.8 Å². The van der Waals surface area contributed by atoms with E-state index in [0.717, 1.165) is 22.0 Å². The zero-order chi connectivity index (χ0) is 41.7. The number of rotatable bonds is 10. The Morgan fingerprint density at radius 2 is 1.80 bits per heavy atom. The molecule has 2 atom stereocenters. The van der Waals surface area contributed by atoms with Gasteiger partial charge in [0.15, 0.2) is 23.0 Å². The van der Waals surface area contributed by atoms with Crippen LogP contribution < -0.4 is 30.7 Å². The molecule has 3 aliphatic heterocycles.